The van der Waals surface area contributed by atoms with Gasteiger partial charge in [-0.3, -0.25) is 0 Å². The maximum absolute atomic E-state index is 4.99. The first-order chi connectivity index (χ1) is 12.4. The SMILES string of the molecule is c1csc(-c2nc(-c3cccc4ccccc34)[nH]c2-c2cccs2)c1. The van der Waals surface area contributed by atoms with Crippen LogP contribution in [0, 0.1) is 0 Å². The Balaban J connectivity index is 1.76. The topological polar surface area (TPSA) is 28.7 Å². The summed E-state index contributed by atoms with van der Waals surface area (Å²) >= 11 is 3.45. The van der Waals surface area contributed by atoms with Gasteiger partial charge in [-0.25, -0.2) is 4.98 Å². The molecule has 120 valence electrons. The summed E-state index contributed by atoms with van der Waals surface area (Å²) in [6.45, 7) is 0. The normalized spacial score (nSPS) is 11.2. The number of imidazole rings is 1. The minimum atomic E-state index is 0.920. The number of aromatic amines is 1. The van der Waals surface area contributed by atoms with Crippen LogP contribution in [0.5, 0.6) is 0 Å². The molecule has 0 aliphatic carbocycles. The Morgan fingerprint density at radius 1 is 0.720 bits per heavy atom. The highest BCUT2D eigenvalue weighted by atomic mass is 32.1. The maximum Gasteiger partial charge on any atom is 0.139 e. The van der Waals surface area contributed by atoms with E-state index in [1.165, 1.54) is 20.5 Å². The van der Waals surface area contributed by atoms with Gasteiger partial charge in [-0.15, -0.1) is 22.7 Å². The van der Waals surface area contributed by atoms with E-state index in [4.69, 9.17) is 4.98 Å². The number of aromatic nitrogens is 2. The van der Waals surface area contributed by atoms with Crippen LogP contribution in [0.3, 0.4) is 0 Å². The maximum atomic E-state index is 4.99. The number of hydrogen-bond acceptors (Lipinski definition) is 3. The molecule has 1 N–H and O–H groups in total. The number of rotatable bonds is 3. The summed E-state index contributed by atoms with van der Waals surface area (Å²) in [5.74, 6) is 0.920. The van der Waals surface area contributed by atoms with Crippen LogP contribution in [-0.2, 0) is 0 Å². The van der Waals surface area contributed by atoms with Crippen LogP contribution in [0.25, 0.3) is 43.3 Å². The molecule has 3 aromatic heterocycles. The molecule has 2 aromatic carbocycles. The van der Waals surface area contributed by atoms with E-state index in [0.717, 1.165) is 22.8 Å². The Kier molecular flexibility index (Phi) is 3.51. The fraction of sp³-hybridized carbons (Fsp3) is 0. The summed E-state index contributed by atoms with van der Waals surface area (Å²) in [7, 11) is 0. The summed E-state index contributed by atoms with van der Waals surface area (Å²) in [4.78, 5) is 11.0. The molecule has 0 fully saturated rings. The first-order valence-electron chi connectivity index (χ1n) is 8.06. The summed E-state index contributed by atoms with van der Waals surface area (Å²) in [5.41, 5.74) is 3.26. The molecule has 0 atom stereocenters. The lowest BCUT2D eigenvalue weighted by molar-refractivity contribution is 1.32. The van der Waals surface area contributed by atoms with Crippen molar-refractivity contribution in [3.8, 4) is 32.5 Å². The van der Waals surface area contributed by atoms with Crippen LogP contribution in [0.4, 0.5) is 0 Å². The van der Waals surface area contributed by atoms with Crippen LogP contribution < -0.4 is 0 Å². The number of nitrogens with zero attached hydrogens (tertiary/aromatic N) is 1. The van der Waals surface area contributed by atoms with Crippen molar-refractivity contribution in [3.05, 3.63) is 77.5 Å². The standard InChI is InChI=1S/C21H14N2S2/c1-2-8-15-14(6-1)7-3-9-16(15)21-22-19(17-10-4-12-24-17)20(23-21)18-11-5-13-25-18/h1-13H,(H,22,23). The molecule has 0 aliphatic rings. The van der Waals surface area contributed by atoms with E-state index in [1.807, 2.05) is 0 Å². The van der Waals surface area contributed by atoms with E-state index in [0.29, 0.717) is 0 Å². The van der Waals surface area contributed by atoms with Crippen molar-refractivity contribution in [3.63, 3.8) is 0 Å². The van der Waals surface area contributed by atoms with Crippen molar-refractivity contribution < 1.29 is 0 Å². The van der Waals surface area contributed by atoms with Crippen molar-refractivity contribution >= 4 is 33.4 Å². The first-order valence-corrected chi connectivity index (χ1v) is 9.82. The Morgan fingerprint density at radius 2 is 1.48 bits per heavy atom. The zero-order valence-corrected chi connectivity index (χ0v) is 14.9. The molecule has 2 nitrogen and oxygen atoms in total. The zero-order valence-electron chi connectivity index (χ0n) is 13.3. The molecule has 25 heavy (non-hydrogen) atoms. The molecular formula is C21H14N2S2. The van der Waals surface area contributed by atoms with Crippen LogP contribution >= 0.6 is 22.7 Å². The second kappa shape index (κ2) is 5.99. The van der Waals surface area contributed by atoms with E-state index in [9.17, 15) is 0 Å². The molecule has 5 aromatic rings. The monoisotopic (exact) mass is 358 g/mol. The highest BCUT2D eigenvalue weighted by Gasteiger charge is 2.17. The van der Waals surface area contributed by atoms with Crippen molar-refractivity contribution in [1.29, 1.82) is 0 Å². The fourth-order valence-electron chi connectivity index (χ4n) is 3.12. The van der Waals surface area contributed by atoms with Crippen LogP contribution in [0.15, 0.2) is 77.5 Å². The molecule has 0 amide bonds. The summed E-state index contributed by atoms with van der Waals surface area (Å²) < 4.78 is 0. The Labute approximate surface area is 153 Å². The van der Waals surface area contributed by atoms with Gasteiger partial charge in [-0.05, 0) is 33.7 Å². The predicted octanol–water partition coefficient (Wildman–Crippen LogP) is 6.69. The molecule has 0 aliphatic heterocycles. The number of benzene rings is 2. The fourth-order valence-corrected chi connectivity index (χ4v) is 4.57. The van der Waals surface area contributed by atoms with E-state index in [2.05, 4.69) is 82.5 Å². The summed E-state index contributed by atoms with van der Waals surface area (Å²) in [6.07, 6.45) is 0. The number of nitrogens with one attached hydrogen (secondary N) is 1. The van der Waals surface area contributed by atoms with Crippen molar-refractivity contribution in [2.45, 2.75) is 0 Å². The lowest BCUT2D eigenvalue weighted by Gasteiger charge is -2.03. The minimum absolute atomic E-state index is 0.920. The molecule has 0 radical (unpaired) electrons. The molecule has 0 saturated carbocycles. The van der Waals surface area contributed by atoms with Crippen LogP contribution in [-0.4, -0.2) is 9.97 Å². The van der Waals surface area contributed by atoms with Gasteiger partial charge in [-0.2, -0.15) is 0 Å². The average Bonchev–Trinajstić information content (AvgIpc) is 3.41. The van der Waals surface area contributed by atoms with Gasteiger partial charge in [-0.1, -0.05) is 54.6 Å². The van der Waals surface area contributed by atoms with E-state index in [1.54, 1.807) is 22.7 Å². The Bertz CT molecular complexity index is 1080. The van der Waals surface area contributed by atoms with Gasteiger partial charge in [0.05, 0.1) is 15.4 Å². The molecule has 0 unspecified atom stereocenters. The predicted molar refractivity (Wildman–Crippen MR) is 108 cm³/mol. The second-order valence-corrected chi connectivity index (χ2v) is 7.69. The molecule has 3 heterocycles. The summed E-state index contributed by atoms with van der Waals surface area (Å²) in [6, 6.07) is 23.2. The quantitative estimate of drug-likeness (QED) is 0.382. The summed E-state index contributed by atoms with van der Waals surface area (Å²) in [5, 5.41) is 6.65. The Hall–Kier alpha value is -2.69. The first kappa shape index (κ1) is 14.6. The number of fused-ring (bicyclic) bond motifs is 1. The van der Waals surface area contributed by atoms with Crippen molar-refractivity contribution in [2.75, 3.05) is 0 Å². The molecular weight excluding hydrogens is 344 g/mol. The van der Waals surface area contributed by atoms with Gasteiger partial charge in [0.25, 0.3) is 0 Å². The molecule has 4 heteroatoms. The van der Waals surface area contributed by atoms with Gasteiger partial charge in [0, 0.05) is 5.56 Å². The lowest BCUT2D eigenvalue weighted by atomic mass is 10.0. The van der Waals surface area contributed by atoms with E-state index < -0.39 is 0 Å². The van der Waals surface area contributed by atoms with Gasteiger partial charge in [0.15, 0.2) is 0 Å². The van der Waals surface area contributed by atoms with E-state index >= 15 is 0 Å². The Morgan fingerprint density at radius 3 is 2.28 bits per heavy atom. The second-order valence-electron chi connectivity index (χ2n) is 5.79. The third-order valence-electron chi connectivity index (χ3n) is 4.27. The number of H-pyrrole nitrogens is 1. The highest BCUT2D eigenvalue weighted by Crippen LogP contribution is 2.38. The molecule has 0 saturated heterocycles. The van der Waals surface area contributed by atoms with Gasteiger partial charge < -0.3 is 4.98 Å². The van der Waals surface area contributed by atoms with Crippen molar-refractivity contribution in [1.82, 2.24) is 9.97 Å². The third kappa shape index (κ3) is 2.51. The molecule has 0 spiro atoms. The van der Waals surface area contributed by atoms with Crippen LogP contribution in [0.1, 0.15) is 0 Å². The van der Waals surface area contributed by atoms with E-state index in [-0.39, 0.29) is 0 Å². The highest BCUT2D eigenvalue weighted by molar-refractivity contribution is 7.14. The van der Waals surface area contributed by atoms with Crippen molar-refractivity contribution in [2.24, 2.45) is 0 Å². The van der Waals surface area contributed by atoms with Gasteiger partial charge >= 0.3 is 0 Å². The third-order valence-corrected chi connectivity index (χ3v) is 6.03. The number of hydrogen-bond donors (Lipinski definition) is 1. The lowest BCUT2D eigenvalue weighted by Crippen LogP contribution is -1.83. The van der Waals surface area contributed by atoms with Gasteiger partial charge in [0.1, 0.15) is 11.5 Å². The zero-order chi connectivity index (χ0) is 16.6. The minimum Gasteiger partial charge on any atom is -0.337 e. The van der Waals surface area contributed by atoms with Gasteiger partial charge in [0.2, 0.25) is 0 Å². The largest absolute Gasteiger partial charge is 0.337 e. The average molecular weight is 358 g/mol. The number of thiophene rings is 2. The molecule has 0 bridgehead atoms. The van der Waals surface area contributed by atoms with Crippen LogP contribution in [0.2, 0.25) is 0 Å². The molecule has 5 rings (SSSR count). The smallest absolute Gasteiger partial charge is 0.139 e.